The molecule has 2 nitrogen and oxygen atoms in total. The van der Waals surface area contributed by atoms with Crippen molar-refractivity contribution in [3.8, 4) is 0 Å². The Bertz CT molecular complexity index is 363. The first-order valence-corrected chi connectivity index (χ1v) is 5.85. The molecule has 0 heterocycles. The molecule has 2 atom stereocenters. The second-order valence-corrected chi connectivity index (χ2v) is 5.13. The lowest BCUT2D eigenvalue weighted by atomic mass is 9.79. The van der Waals surface area contributed by atoms with E-state index in [1.807, 2.05) is 25.1 Å². The lowest BCUT2D eigenvalue weighted by Crippen LogP contribution is -2.57. The molecule has 0 aromatic heterocycles. The number of hydrogen-bond donors (Lipinski definition) is 0. The maximum absolute atomic E-state index is 11.4. The van der Waals surface area contributed by atoms with Crippen LogP contribution >= 0.6 is 11.8 Å². The quantitative estimate of drug-likeness (QED) is 0.786. The lowest BCUT2D eigenvalue weighted by Gasteiger charge is -2.43. The fourth-order valence-corrected chi connectivity index (χ4v) is 3.01. The maximum atomic E-state index is 11.4. The molecule has 3 heteroatoms. The molecule has 2 rings (SSSR count). The van der Waals surface area contributed by atoms with Crippen molar-refractivity contribution >= 4 is 17.5 Å². The summed E-state index contributed by atoms with van der Waals surface area (Å²) >= 11 is 1.72. The normalized spacial score (nSPS) is 30.0. The average Bonchev–Trinajstić information content (AvgIpc) is 2.29. The van der Waals surface area contributed by atoms with E-state index < -0.39 is 5.60 Å². The average molecular weight is 222 g/mol. The highest BCUT2D eigenvalue weighted by atomic mass is 32.2. The topological polar surface area (TPSA) is 26.3 Å². The molecular formula is C12H14O2S. The van der Waals surface area contributed by atoms with Gasteiger partial charge in [-0.05, 0) is 19.1 Å². The smallest absolute Gasteiger partial charge is 0.166 e. The van der Waals surface area contributed by atoms with Crippen LogP contribution in [0, 0.1) is 0 Å². The Kier molecular flexibility index (Phi) is 2.85. The molecule has 1 aliphatic carbocycles. The van der Waals surface area contributed by atoms with Gasteiger partial charge in [0.15, 0.2) is 5.78 Å². The third-order valence-electron chi connectivity index (χ3n) is 2.98. The fraction of sp³-hybridized carbons (Fsp3) is 0.417. The van der Waals surface area contributed by atoms with Crippen molar-refractivity contribution in [1.82, 2.24) is 0 Å². The second-order valence-electron chi connectivity index (χ2n) is 3.86. The molecule has 1 fully saturated rings. The van der Waals surface area contributed by atoms with Gasteiger partial charge in [0.05, 0.1) is 5.25 Å². The van der Waals surface area contributed by atoms with Crippen molar-refractivity contribution in [2.24, 2.45) is 0 Å². The Hall–Kier alpha value is -0.800. The number of rotatable bonds is 3. The van der Waals surface area contributed by atoms with E-state index >= 15 is 0 Å². The van der Waals surface area contributed by atoms with Crippen molar-refractivity contribution in [2.45, 2.75) is 29.1 Å². The molecule has 1 aromatic rings. The molecule has 0 unspecified atom stereocenters. The van der Waals surface area contributed by atoms with Crippen LogP contribution in [-0.4, -0.2) is 23.7 Å². The standard InChI is InChI=1S/C12H14O2S/c1-12(14-2)10(13)8-11(12)15-9-6-4-3-5-7-9/h3-7,11H,8H2,1-2H3/t11-,12-/m0/s1. The molecule has 0 radical (unpaired) electrons. The number of Topliss-reactive ketones (excluding diaryl/α,β-unsaturated/α-hetero) is 1. The number of hydrogen-bond acceptors (Lipinski definition) is 3. The molecule has 0 aliphatic heterocycles. The molecule has 15 heavy (non-hydrogen) atoms. The summed E-state index contributed by atoms with van der Waals surface area (Å²) in [5.74, 6) is 0.207. The number of benzene rings is 1. The zero-order valence-corrected chi connectivity index (χ0v) is 9.71. The summed E-state index contributed by atoms with van der Waals surface area (Å²) in [5, 5.41) is 0.248. The maximum Gasteiger partial charge on any atom is 0.166 e. The number of ether oxygens (including phenoxy) is 1. The third kappa shape index (κ3) is 1.82. The van der Waals surface area contributed by atoms with E-state index in [1.54, 1.807) is 18.9 Å². The Balaban J connectivity index is 2.06. The van der Waals surface area contributed by atoms with Gasteiger partial charge in [-0.2, -0.15) is 0 Å². The summed E-state index contributed by atoms with van der Waals surface area (Å²) in [7, 11) is 1.61. The number of carbonyl (C=O) groups excluding carboxylic acids is 1. The predicted molar refractivity (Wildman–Crippen MR) is 61.1 cm³/mol. The first-order chi connectivity index (χ1) is 7.16. The van der Waals surface area contributed by atoms with Gasteiger partial charge >= 0.3 is 0 Å². The minimum absolute atomic E-state index is 0.207. The van der Waals surface area contributed by atoms with Gasteiger partial charge in [0.25, 0.3) is 0 Å². The summed E-state index contributed by atoms with van der Waals surface area (Å²) < 4.78 is 5.30. The van der Waals surface area contributed by atoms with Crippen LogP contribution in [-0.2, 0) is 9.53 Å². The molecule has 80 valence electrons. The van der Waals surface area contributed by atoms with E-state index in [-0.39, 0.29) is 11.0 Å². The van der Waals surface area contributed by atoms with Gasteiger partial charge in [-0.1, -0.05) is 18.2 Å². The van der Waals surface area contributed by atoms with Gasteiger partial charge in [-0.25, -0.2) is 0 Å². The lowest BCUT2D eigenvalue weighted by molar-refractivity contribution is -0.150. The molecular weight excluding hydrogens is 208 g/mol. The van der Waals surface area contributed by atoms with Crippen LogP contribution in [0.25, 0.3) is 0 Å². The highest BCUT2D eigenvalue weighted by molar-refractivity contribution is 8.00. The Morgan fingerprint density at radius 2 is 2.07 bits per heavy atom. The molecule has 1 saturated carbocycles. The van der Waals surface area contributed by atoms with Crippen molar-refractivity contribution in [3.05, 3.63) is 30.3 Å². The zero-order valence-electron chi connectivity index (χ0n) is 8.90. The number of thioether (sulfide) groups is 1. The molecule has 0 N–H and O–H groups in total. The first kappa shape index (κ1) is 10.7. The zero-order chi connectivity index (χ0) is 10.9. The number of methoxy groups -OCH3 is 1. The van der Waals surface area contributed by atoms with Crippen LogP contribution in [0.2, 0.25) is 0 Å². The summed E-state index contributed by atoms with van der Waals surface area (Å²) in [6.45, 7) is 1.87. The summed E-state index contributed by atoms with van der Waals surface area (Å²) in [4.78, 5) is 12.6. The molecule has 1 aromatic carbocycles. The number of ketones is 1. The summed E-state index contributed by atoms with van der Waals surface area (Å²) in [6.07, 6.45) is 0.615. The van der Waals surface area contributed by atoms with Gasteiger partial charge in [-0.3, -0.25) is 4.79 Å². The van der Waals surface area contributed by atoms with E-state index in [2.05, 4.69) is 12.1 Å². The molecule has 1 aliphatic rings. The predicted octanol–water partition coefficient (Wildman–Crippen LogP) is 2.53. The van der Waals surface area contributed by atoms with Gasteiger partial charge in [0.2, 0.25) is 0 Å². The van der Waals surface area contributed by atoms with Crippen LogP contribution in [0.15, 0.2) is 35.2 Å². The van der Waals surface area contributed by atoms with Crippen LogP contribution < -0.4 is 0 Å². The third-order valence-corrected chi connectivity index (χ3v) is 4.43. The van der Waals surface area contributed by atoms with E-state index in [1.165, 1.54) is 4.90 Å². The molecule has 0 amide bonds. The van der Waals surface area contributed by atoms with E-state index in [0.29, 0.717) is 6.42 Å². The van der Waals surface area contributed by atoms with Gasteiger partial charge in [-0.15, -0.1) is 11.8 Å². The van der Waals surface area contributed by atoms with E-state index in [9.17, 15) is 4.79 Å². The van der Waals surface area contributed by atoms with Crippen LogP contribution in [0.5, 0.6) is 0 Å². The second kappa shape index (κ2) is 3.99. The number of carbonyl (C=O) groups is 1. The Labute approximate surface area is 94.0 Å². The largest absolute Gasteiger partial charge is 0.370 e. The van der Waals surface area contributed by atoms with E-state index in [4.69, 9.17) is 4.74 Å². The minimum atomic E-state index is -0.583. The first-order valence-electron chi connectivity index (χ1n) is 4.97. The molecule has 0 bridgehead atoms. The highest BCUT2D eigenvalue weighted by Crippen LogP contribution is 2.43. The summed E-state index contributed by atoms with van der Waals surface area (Å²) in [5.41, 5.74) is -0.583. The monoisotopic (exact) mass is 222 g/mol. The van der Waals surface area contributed by atoms with Crippen LogP contribution in [0.1, 0.15) is 13.3 Å². The van der Waals surface area contributed by atoms with E-state index in [0.717, 1.165) is 0 Å². The van der Waals surface area contributed by atoms with Gasteiger partial charge in [0, 0.05) is 18.4 Å². The fourth-order valence-electron chi connectivity index (χ4n) is 1.68. The van der Waals surface area contributed by atoms with Gasteiger partial charge < -0.3 is 4.74 Å². The molecule has 0 spiro atoms. The minimum Gasteiger partial charge on any atom is -0.370 e. The van der Waals surface area contributed by atoms with Crippen molar-refractivity contribution in [1.29, 1.82) is 0 Å². The Morgan fingerprint density at radius 1 is 1.40 bits per heavy atom. The Morgan fingerprint density at radius 3 is 2.60 bits per heavy atom. The highest BCUT2D eigenvalue weighted by Gasteiger charge is 2.52. The molecule has 0 saturated heterocycles. The van der Waals surface area contributed by atoms with Crippen molar-refractivity contribution < 1.29 is 9.53 Å². The van der Waals surface area contributed by atoms with Gasteiger partial charge in [0.1, 0.15) is 5.60 Å². The SMILES string of the molecule is CO[C@@]1(C)C(=O)C[C@@H]1Sc1ccccc1. The van der Waals surface area contributed by atoms with Crippen molar-refractivity contribution in [3.63, 3.8) is 0 Å². The van der Waals surface area contributed by atoms with Crippen LogP contribution in [0.3, 0.4) is 0 Å². The summed E-state index contributed by atoms with van der Waals surface area (Å²) in [6, 6.07) is 10.1. The van der Waals surface area contributed by atoms with Crippen molar-refractivity contribution in [2.75, 3.05) is 7.11 Å². The van der Waals surface area contributed by atoms with Crippen LogP contribution in [0.4, 0.5) is 0 Å².